The van der Waals surface area contributed by atoms with E-state index in [0.717, 1.165) is 16.3 Å². The average molecular weight is 315 g/mol. The van der Waals surface area contributed by atoms with Crippen LogP contribution in [-0.4, -0.2) is 51.2 Å². The number of ether oxygens (including phenoxy) is 1. The summed E-state index contributed by atoms with van der Waals surface area (Å²) in [6, 6.07) is 6.94. The van der Waals surface area contributed by atoms with Gasteiger partial charge in [-0.15, -0.1) is 0 Å². The van der Waals surface area contributed by atoms with Gasteiger partial charge in [0.15, 0.2) is 0 Å². The van der Waals surface area contributed by atoms with Crippen molar-refractivity contribution in [2.24, 2.45) is 0 Å². The van der Waals surface area contributed by atoms with Crippen molar-refractivity contribution in [3.05, 3.63) is 29.8 Å². The first kappa shape index (κ1) is 18.1. The van der Waals surface area contributed by atoms with E-state index in [4.69, 9.17) is 4.74 Å². The maximum atomic E-state index is 12.4. The van der Waals surface area contributed by atoms with E-state index in [0.29, 0.717) is 5.92 Å². The molecule has 1 aromatic carbocycles. The minimum atomic E-state index is -3.58. The Hall–Kier alpha value is -0.950. The molecule has 1 rings (SSSR count). The lowest BCUT2D eigenvalue weighted by Crippen LogP contribution is -2.36. The van der Waals surface area contributed by atoms with E-state index in [1.165, 1.54) is 14.2 Å². The third-order valence-corrected chi connectivity index (χ3v) is 5.43. The maximum absolute atomic E-state index is 12.4. The van der Waals surface area contributed by atoms with Gasteiger partial charge in [-0.25, -0.2) is 8.42 Å². The summed E-state index contributed by atoms with van der Waals surface area (Å²) in [5.41, 5.74) is 1.12. The molecule has 1 aromatic rings. The zero-order valence-corrected chi connectivity index (χ0v) is 13.9. The summed E-state index contributed by atoms with van der Waals surface area (Å²) < 4.78 is 30.7. The van der Waals surface area contributed by atoms with Crippen LogP contribution in [-0.2, 0) is 14.8 Å². The van der Waals surface area contributed by atoms with Crippen molar-refractivity contribution in [2.45, 2.75) is 37.2 Å². The van der Waals surface area contributed by atoms with Gasteiger partial charge in [-0.05, 0) is 30.0 Å². The lowest BCUT2D eigenvalue weighted by atomic mass is 9.99. The first-order chi connectivity index (χ1) is 9.82. The number of hydrogen-bond acceptors (Lipinski definition) is 4. The van der Waals surface area contributed by atoms with Crippen LogP contribution in [0.5, 0.6) is 0 Å². The van der Waals surface area contributed by atoms with Gasteiger partial charge in [-0.2, -0.15) is 4.31 Å². The SMILES string of the molecule is CCC(C)c1ccc(S(=O)(=O)N(C)CC(O)COC)cc1. The summed E-state index contributed by atoms with van der Waals surface area (Å²) in [7, 11) is -0.665. The zero-order valence-electron chi connectivity index (χ0n) is 13.1. The van der Waals surface area contributed by atoms with Crippen molar-refractivity contribution < 1.29 is 18.3 Å². The van der Waals surface area contributed by atoms with E-state index in [1.807, 2.05) is 12.1 Å². The monoisotopic (exact) mass is 315 g/mol. The predicted molar refractivity (Wildman–Crippen MR) is 82.8 cm³/mol. The fourth-order valence-corrected chi connectivity index (χ4v) is 3.23. The van der Waals surface area contributed by atoms with Gasteiger partial charge in [0.1, 0.15) is 0 Å². The highest BCUT2D eigenvalue weighted by Crippen LogP contribution is 2.21. The molecule has 0 saturated carbocycles. The third-order valence-electron chi connectivity index (χ3n) is 3.60. The number of nitrogens with zero attached hydrogens (tertiary/aromatic N) is 1. The predicted octanol–water partition coefficient (Wildman–Crippen LogP) is 1.83. The van der Waals surface area contributed by atoms with Crippen LogP contribution < -0.4 is 0 Å². The first-order valence-corrected chi connectivity index (χ1v) is 8.50. The lowest BCUT2D eigenvalue weighted by molar-refractivity contribution is 0.0554. The van der Waals surface area contributed by atoms with E-state index in [-0.39, 0.29) is 18.0 Å². The van der Waals surface area contributed by atoms with Crippen LogP contribution in [0.4, 0.5) is 0 Å². The molecule has 0 saturated heterocycles. The molecule has 0 aliphatic rings. The Morgan fingerprint density at radius 3 is 2.33 bits per heavy atom. The molecule has 5 nitrogen and oxygen atoms in total. The quantitative estimate of drug-likeness (QED) is 0.795. The van der Waals surface area contributed by atoms with Crippen LogP contribution in [0.3, 0.4) is 0 Å². The average Bonchev–Trinajstić information content (AvgIpc) is 2.46. The van der Waals surface area contributed by atoms with Crippen LogP contribution in [0.15, 0.2) is 29.2 Å². The molecular weight excluding hydrogens is 290 g/mol. The van der Waals surface area contributed by atoms with Gasteiger partial charge < -0.3 is 9.84 Å². The fraction of sp³-hybridized carbons (Fsp3) is 0.600. The molecule has 0 spiro atoms. The maximum Gasteiger partial charge on any atom is 0.242 e. The van der Waals surface area contributed by atoms with E-state index >= 15 is 0 Å². The summed E-state index contributed by atoms with van der Waals surface area (Å²) in [5.74, 6) is 0.406. The van der Waals surface area contributed by atoms with Gasteiger partial charge in [0.25, 0.3) is 0 Å². The molecule has 1 N–H and O–H groups in total. The van der Waals surface area contributed by atoms with Crippen molar-refractivity contribution in [1.82, 2.24) is 4.31 Å². The Kier molecular flexibility index (Phi) is 6.80. The van der Waals surface area contributed by atoms with Gasteiger partial charge >= 0.3 is 0 Å². The van der Waals surface area contributed by atoms with E-state index < -0.39 is 16.1 Å². The summed E-state index contributed by atoms with van der Waals surface area (Å²) in [4.78, 5) is 0.238. The molecule has 6 heteroatoms. The van der Waals surface area contributed by atoms with Gasteiger partial charge in [0.2, 0.25) is 10.0 Å². The molecule has 2 atom stereocenters. The largest absolute Gasteiger partial charge is 0.389 e. The minimum absolute atomic E-state index is 0.00326. The third kappa shape index (κ3) is 4.78. The van der Waals surface area contributed by atoms with Crippen LogP contribution >= 0.6 is 0 Å². The standard InChI is InChI=1S/C15H25NO4S/c1-5-12(2)13-6-8-15(9-7-13)21(18,19)16(3)10-14(17)11-20-4/h6-9,12,14,17H,5,10-11H2,1-4H3. The Morgan fingerprint density at radius 2 is 1.86 bits per heavy atom. The zero-order chi connectivity index (χ0) is 16.0. The Labute approximate surface area is 127 Å². The van der Waals surface area contributed by atoms with Gasteiger partial charge in [-0.3, -0.25) is 0 Å². The topological polar surface area (TPSA) is 66.8 Å². The van der Waals surface area contributed by atoms with Crippen LogP contribution in [0, 0.1) is 0 Å². The molecule has 0 bridgehead atoms. The van der Waals surface area contributed by atoms with Crippen molar-refractivity contribution in [1.29, 1.82) is 0 Å². The van der Waals surface area contributed by atoms with Gasteiger partial charge in [0, 0.05) is 20.7 Å². The molecule has 21 heavy (non-hydrogen) atoms. The van der Waals surface area contributed by atoms with Crippen LogP contribution in [0.2, 0.25) is 0 Å². The molecular formula is C15H25NO4S. The second-order valence-corrected chi connectivity index (χ2v) is 7.32. The highest BCUT2D eigenvalue weighted by molar-refractivity contribution is 7.89. The van der Waals surface area contributed by atoms with Crippen molar-refractivity contribution in [3.63, 3.8) is 0 Å². The number of hydrogen-bond donors (Lipinski definition) is 1. The summed E-state index contributed by atoms with van der Waals surface area (Å²) in [5, 5.41) is 9.65. The molecule has 0 aromatic heterocycles. The summed E-state index contributed by atoms with van der Waals surface area (Å²) in [6.07, 6.45) is 0.170. The second kappa shape index (κ2) is 7.89. The number of aliphatic hydroxyl groups excluding tert-OH is 1. The molecule has 0 radical (unpaired) electrons. The molecule has 0 aliphatic carbocycles. The molecule has 0 aliphatic heterocycles. The molecule has 0 heterocycles. The smallest absolute Gasteiger partial charge is 0.242 e. The second-order valence-electron chi connectivity index (χ2n) is 5.27. The molecule has 0 fully saturated rings. The van der Waals surface area contributed by atoms with Crippen molar-refractivity contribution >= 4 is 10.0 Å². The normalized spacial score (nSPS) is 15.1. The minimum Gasteiger partial charge on any atom is -0.389 e. The molecule has 120 valence electrons. The number of benzene rings is 1. The van der Waals surface area contributed by atoms with Crippen molar-refractivity contribution in [3.8, 4) is 0 Å². The number of likely N-dealkylation sites (N-methyl/N-ethyl adjacent to an activating group) is 1. The number of rotatable bonds is 8. The summed E-state index contributed by atoms with van der Waals surface area (Å²) in [6.45, 7) is 4.31. The lowest BCUT2D eigenvalue weighted by Gasteiger charge is -2.20. The number of sulfonamides is 1. The van der Waals surface area contributed by atoms with E-state index in [1.54, 1.807) is 12.1 Å². The van der Waals surface area contributed by atoms with E-state index in [9.17, 15) is 13.5 Å². The Balaban J connectivity index is 2.87. The highest BCUT2D eigenvalue weighted by atomic mass is 32.2. The van der Waals surface area contributed by atoms with Gasteiger partial charge in [0.05, 0.1) is 17.6 Å². The van der Waals surface area contributed by atoms with E-state index in [2.05, 4.69) is 13.8 Å². The molecule has 0 amide bonds. The van der Waals surface area contributed by atoms with Crippen LogP contribution in [0.25, 0.3) is 0 Å². The fourth-order valence-electron chi connectivity index (χ4n) is 2.02. The highest BCUT2D eigenvalue weighted by Gasteiger charge is 2.23. The molecule has 2 unspecified atom stereocenters. The van der Waals surface area contributed by atoms with Crippen molar-refractivity contribution in [2.75, 3.05) is 27.3 Å². The Morgan fingerprint density at radius 1 is 1.29 bits per heavy atom. The number of aliphatic hydroxyl groups is 1. The van der Waals surface area contributed by atoms with Gasteiger partial charge in [-0.1, -0.05) is 26.0 Å². The first-order valence-electron chi connectivity index (χ1n) is 7.06. The number of methoxy groups -OCH3 is 1. The van der Waals surface area contributed by atoms with Crippen LogP contribution in [0.1, 0.15) is 31.7 Å². The Bertz CT molecular complexity index is 527. The summed E-state index contributed by atoms with van der Waals surface area (Å²) >= 11 is 0.